The normalized spacial score (nSPS) is 11.5. The van der Waals surface area contributed by atoms with Crippen LogP contribution in [-0.2, 0) is 16.0 Å². The number of benzene rings is 2. The number of carbonyl (C=O) groups is 2. The highest BCUT2D eigenvalue weighted by molar-refractivity contribution is 5.84. The van der Waals surface area contributed by atoms with E-state index in [0.717, 1.165) is 16.7 Å². The van der Waals surface area contributed by atoms with Crippen LogP contribution in [0.2, 0.25) is 0 Å². The van der Waals surface area contributed by atoms with Gasteiger partial charge in [-0.3, -0.25) is 20.4 Å². The smallest absolute Gasteiger partial charge is 0.279 e. The van der Waals surface area contributed by atoms with Gasteiger partial charge in [0.15, 0.2) is 6.10 Å². The van der Waals surface area contributed by atoms with Crippen molar-refractivity contribution in [2.75, 3.05) is 0 Å². The maximum absolute atomic E-state index is 12.1. The van der Waals surface area contributed by atoms with E-state index in [2.05, 4.69) is 10.9 Å². The summed E-state index contributed by atoms with van der Waals surface area (Å²) in [6.45, 7) is 5.51. The average molecular weight is 340 g/mol. The number of amides is 2. The summed E-state index contributed by atoms with van der Waals surface area (Å²) in [5, 5.41) is 0. The van der Waals surface area contributed by atoms with Crippen LogP contribution in [-0.4, -0.2) is 17.9 Å². The van der Waals surface area contributed by atoms with Gasteiger partial charge in [-0.1, -0.05) is 48.5 Å². The Balaban J connectivity index is 1.78. The number of aryl methyl sites for hydroxylation is 3. The van der Waals surface area contributed by atoms with Crippen LogP contribution < -0.4 is 15.6 Å². The molecule has 0 spiro atoms. The summed E-state index contributed by atoms with van der Waals surface area (Å²) in [6, 6.07) is 15.5. The Bertz CT molecular complexity index is 709. The van der Waals surface area contributed by atoms with Crippen molar-refractivity contribution in [2.24, 2.45) is 0 Å². The van der Waals surface area contributed by atoms with Gasteiger partial charge in [0.1, 0.15) is 5.75 Å². The molecule has 5 nitrogen and oxygen atoms in total. The molecule has 2 N–H and O–H groups in total. The van der Waals surface area contributed by atoms with E-state index in [-0.39, 0.29) is 5.91 Å². The molecule has 2 rings (SSSR count). The standard InChI is InChI=1S/C20H24N2O3/c1-14-8-7-9-15(2)19(14)25-16(3)20(24)22-21-18(23)13-12-17-10-5-4-6-11-17/h4-11,16H,12-13H2,1-3H3,(H,21,23)(H,22,24)/t16-/m0/s1. The predicted octanol–water partition coefficient (Wildman–Crippen LogP) is 2.85. The first-order valence-corrected chi connectivity index (χ1v) is 8.33. The lowest BCUT2D eigenvalue weighted by atomic mass is 10.1. The lowest BCUT2D eigenvalue weighted by Crippen LogP contribution is -2.47. The van der Waals surface area contributed by atoms with E-state index in [1.807, 2.05) is 62.4 Å². The van der Waals surface area contributed by atoms with Crippen molar-refractivity contribution in [3.8, 4) is 5.75 Å². The number of hydrogen-bond acceptors (Lipinski definition) is 3. The lowest BCUT2D eigenvalue weighted by Gasteiger charge is -2.18. The number of nitrogens with one attached hydrogen (secondary N) is 2. The largest absolute Gasteiger partial charge is 0.480 e. The molecule has 0 unspecified atom stereocenters. The highest BCUT2D eigenvalue weighted by atomic mass is 16.5. The van der Waals surface area contributed by atoms with Gasteiger partial charge in [0.05, 0.1) is 0 Å². The van der Waals surface area contributed by atoms with E-state index in [4.69, 9.17) is 4.74 Å². The van der Waals surface area contributed by atoms with Crippen molar-refractivity contribution < 1.29 is 14.3 Å². The van der Waals surface area contributed by atoms with Gasteiger partial charge < -0.3 is 4.74 Å². The fraction of sp³-hybridized carbons (Fsp3) is 0.300. The zero-order valence-corrected chi connectivity index (χ0v) is 14.8. The van der Waals surface area contributed by atoms with Crippen LogP contribution in [0.3, 0.4) is 0 Å². The number of carbonyl (C=O) groups excluding carboxylic acids is 2. The molecule has 0 fully saturated rings. The monoisotopic (exact) mass is 340 g/mol. The first-order chi connectivity index (χ1) is 12.0. The Morgan fingerprint density at radius 1 is 0.960 bits per heavy atom. The molecule has 0 saturated heterocycles. The van der Waals surface area contributed by atoms with Crippen molar-refractivity contribution in [3.63, 3.8) is 0 Å². The van der Waals surface area contributed by atoms with Crippen molar-refractivity contribution in [1.29, 1.82) is 0 Å². The van der Waals surface area contributed by atoms with Crippen molar-refractivity contribution in [3.05, 3.63) is 65.2 Å². The third-order valence-corrected chi connectivity index (χ3v) is 3.88. The van der Waals surface area contributed by atoms with Crippen molar-refractivity contribution >= 4 is 11.8 Å². The third-order valence-electron chi connectivity index (χ3n) is 3.88. The molecule has 0 aliphatic heterocycles. The molecule has 0 aromatic heterocycles. The van der Waals surface area contributed by atoms with E-state index in [1.165, 1.54) is 0 Å². The molecule has 1 atom stereocenters. The highest BCUT2D eigenvalue weighted by Gasteiger charge is 2.17. The van der Waals surface area contributed by atoms with E-state index in [9.17, 15) is 9.59 Å². The molecule has 0 aliphatic rings. The Kier molecular flexibility index (Phi) is 6.57. The maximum atomic E-state index is 12.1. The fourth-order valence-corrected chi connectivity index (χ4v) is 2.41. The number of rotatable bonds is 6. The maximum Gasteiger partial charge on any atom is 0.279 e. The van der Waals surface area contributed by atoms with Crippen molar-refractivity contribution in [2.45, 2.75) is 39.7 Å². The Hall–Kier alpha value is -2.82. The lowest BCUT2D eigenvalue weighted by molar-refractivity contribution is -0.132. The molecule has 25 heavy (non-hydrogen) atoms. The summed E-state index contributed by atoms with van der Waals surface area (Å²) in [5.74, 6) is 0.0627. The average Bonchev–Trinajstić information content (AvgIpc) is 2.61. The van der Waals surface area contributed by atoms with Gasteiger partial charge in [-0.2, -0.15) is 0 Å². The predicted molar refractivity (Wildman–Crippen MR) is 97.1 cm³/mol. The second-order valence-electron chi connectivity index (χ2n) is 6.00. The Labute approximate surface area is 148 Å². The molecule has 0 aliphatic carbocycles. The van der Waals surface area contributed by atoms with Gasteiger partial charge in [0, 0.05) is 6.42 Å². The molecule has 0 heterocycles. The van der Waals surface area contributed by atoms with Gasteiger partial charge >= 0.3 is 0 Å². The fourth-order valence-electron chi connectivity index (χ4n) is 2.41. The Morgan fingerprint density at radius 3 is 2.24 bits per heavy atom. The van der Waals surface area contributed by atoms with Gasteiger partial charge in [0.2, 0.25) is 5.91 Å². The molecule has 0 bridgehead atoms. The Morgan fingerprint density at radius 2 is 1.60 bits per heavy atom. The summed E-state index contributed by atoms with van der Waals surface area (Å²) >= 11 is 0. The first-order valence-electron chi connectivity index (χ1n) is 8.33. The summed E-state index contributed by atoms with van der Waals surface area (Å²) in [4.78, 5) is 23.9. The zero-order valence-electron chi connectivity index (χ0n) is 14.8. The van der Waals surface area contributed by atoms with Crippen LogP contribution in [0.1, 0.15) is 30.0 Å². The molecule has 2 aromatic rings. The molecule has 0 saturated carbocycles. The van der Waals surface area contributed by atoms with E-state index in [0.29, 0.717) is 18.6 Å². The molecule has 5 heteroatoms. The molecule has 2 amide bonds. The van der Waals surface area contributed by atoms with Gasteiger partial charge in [-0.25, -0.2) is 0 Å². The third kappa shape index (κ3) is 5.64. The second kappa shape index (κ2) is 8.87. The summed E-state index contributed by atoms with van der Waals surface area (Å²) in [5.41, 5.74) is 7.85. The molecular weight excluding hydrogens is 316 g/mol. The molecule has 132 valence electrons. The number of hydrazine groups is 1. The minimum absolute atomic E-state index is 0.239. The summed E-state index contributed by atoms with van der Waals surface area (Å²) in [6.07, 6.45) is 0.210. The van der Waals surface area contributed by atoms with Gasteiger partial charge in [-0.15, -0.1) is 0 Å². The SMILES string of the molecule is Cc1cccc(C)c1O[C@@H](C)C(=O)NNC(=O)CCc1ccccc1. The zero-order chi connectivity index (χ0) is 18.2. The quantitative estimate of drug-likeness (QED) is 0.795. The molecule has 0 radical (unpaired) electrons. The van der Waals surface area contributed by atoms with E-state index >= 15 is 0 Å². The van der Waals surface area contributed by atoms with Crippen molar-refractivity contribution in [1.82, 2.24) is 10.9 Å². The number of para-hydroxylation sites is 1. The number of hydrogen-bond donors (Lipinski definition) is 2. The molecular formula is C20H24N2O3. The topological polar surface area (TPSA) is 67.4 Å². The van der Waals surface area contributed by atoms with E-state index < -0.39 is 12.0 Å². The minimum atomic E-state index is -0.714. The van der Waals surface area contributed by atoms with Crippen LogP contribution in [0.5, 0.6) is 5.75 Å². The van der Waals surface area contributed by atoms with Gasteiger partial charge in [0.25, 0.3) is 5.91 Å². The minimum Gasteiger partial charge on any atom is -0.480 e. The van der Waals surface area contributed by atoms with Crippen LogP contribution in [0, 0.1) is 13.8 Å². The van der Waals surface area contributed by atoms with Crippen LogP contribution in [0.4, 0.5) is 0 Å². The van der Waals surface area contributed by atoms with Crippen LogP contribution in [0.25, 0.3) is 0 Å². The summed E-state index contributed by atoms with van der Waals surface area (Å²) in [7, 11) is 0. The molecule has 2 aromatic carbocycles. The number of ether oxygens (including phenoxy) is 1. The van der Waals surface area contributed by atoms with E-state index in [1.54, 1.807) is 6.92 Å². The van der Waals surface area contributed by atoms with Crippen LogP contribution in [0.15, 0.2) is 48.5 Å². The van der Waals surface area contributed by atoms with Crippen LogP contribution >= 0.6 is 0 Å². The first kappa shape index (κ1) is 18.5. The van der Waals surface area contributed by atoms with Gasteiger partial charge in [-0.05, 0) is 43.9 Å². The summed E-state index contributed by atoms with van der Waals surface area (Å²) < 4.78 is 5.74. The second-order valence-corrected chi connectivity index (χ2v) is 6.00. The highest BCUT2D eigenvalue weighted by Crippen LogP contribution is 2.23.